The van der Waals surface area contributed by atoms with Crippen molar-refractivity contribution in [3.8, 4) is 5.75 Å². The van der Waals surface area contributed by atoms with Crippen LogP contribution >= 0.6 is 11.8 Å². The van der Waals surface area contributed by atoms with Gasteiger partial charge in [-0.1, -0.05) is 19.1 Å². The molecule has 0 saturated carbocycles. The number of carbonyl (C=O) groups excluding carboxylic acids is 1. The number of benzene rings is 1. The molecule has 2 nitrogen and oxygen atoms in total. The van der Waals surface area contributed by atoms with Crippen molar-refractivity contribution in [1.29, 1.82) is 0 Å². The van der Waals surface area contributed by atoms with E-state index in [9.17, 15) is 4.79 Å². The second-order valence-corrected chi connectivity index (χ2v) is 3.33. The summed E-state index contributed by atoms with van der Waals surface area (Å²) in [5.41, 5.74) is 0. The van der Waals surface area contributed by atoms with Crippen molar-refractivity contribution >= 4 is 17.7 Å². The number of hydrogen-bond acceptors (Lipinski definition) is 3. The second kappa shape index (κ2) is 4.92. The van der Waals surface area contributed by atoms with Crippen LogP contribution < -0.4 is 4.74 Å². The van der Waals surface area contributed by atoms with Gasteiger partial charge in [0, 0.05) is 11.3 Å². The van der Waals surface area contributed by atoms with Crippen LogP contribution in [0.4, 0.5) is 0 Å². The first-order valence-corrected chi connectivity index (χ1v) is 5.34. The first kappa shape index (κ1) is 10.1. The van der Waals surface area contributed by atoms with E-state index in [0.29, 0.717) is 12.2 Å². The molecule has 1 aromatic carbocycles. The predicted molar refractivity (Wildman–Crippen MR) is 54.1 cm³/mol. The van der Waals surface area contributed by atoms with Crippen molar-refractivity contribution in [2.24, 2.45) is 0 Å². The lowest BCUT2D eigenvalue weighted by Crippen LogP contribution is -2.05. The minimum Gasteiger partial charge on any atom is -0.425 e. The summed E-state index contributed by atoms with van der Waals surface area (Å²) < 4.78 is 5.13. The SMILES string of the molecule is CCC(=O)Oc1ccccc1SC. The van der Waals surface area contributed by atoms with Gasteiger partial charge in [-0.25, -0.2) is 0 Å². The van der Waals surface area contributed by atoms with Gasteiger partial charge in [-0.2, -0.15) is 0 Å². The number of para-hydroxylation sites is 1. The van der Waals surface area contributed by atoms with Crippen LogP contribution in [0, 0.1) is 0 Å². The second-order valence-electron chi connectivity index (χ2n) is 2.48. The van der Waals surface area contributed by atoms with Crippen molar-refractivity contribution in [3.05, 3.63) is 24.3 Å². The van der Waals surface area contributed by atoms with Crippen LogP contribution in [0.15, 0.2) is 29.2 Å². The fraction of sp³-hybridized carbons (Fsp3) is 0.300. The van der Waals surface area contributed by atoms with E-state index < -0.39 is 0 Å². The maximum absolute atomic E-state index is 11.0. The van der Waals surface area contributed by atoms with E-state index in [2.05, 4.69) is 0 Å². The van der Waals surface area contributed by atoms with Crippen LogP contribution in [0.5, 0.6) is 5.75 Å². The van der Waals surface area contributed by atoms with E-state index in [1.54, 1.807) is 24.8 Å². The molecule has 0 bridgehead atoms. The molecule has 1 aromatic rings. The lowest BCUT2D eigenvalue weighted by molar-refractivity contribution is -0.134. The molecule has 0 aromatic heterocycles. The Morgan fingerprint density at radius 1 is 1.46 bits per heavy atom. The van der Waals surface area contributed by atoms with E-state index in [1.165, 1.54) is 0 Å². The molecule has 0 saturated heterocycles. The zero-order valence-corrected chi connectivity index (χ0v) is 8.56. The van der Waals surface area contributed by atoms with Crippen LogP contribution in [-0.2, 0) is 4.79 Å². The van der Waals surface area contributed by atoms with Crippen molar-refractivity contribution in [3.63, 3.8) is 0 Å². The van der Waals surface area contributed by atoms with Gasteiger partial charge in [0.1, 0.15) is 5.75 Å². The first-order valence-electron chi connectivity index (χ1n) is 4.11. The Morgan fingerprint density at radius 2 is 2.15 bits per heavy atom. The number of ether oxygens (including phenoxy) is 1. The fourth-order valence-electron chi connectivity index (χ4n) is 0.898. The summed E-state index contributed by atoms with van der Waals surface area (Å²) in [6, 6.07) is 7.52. The third-order valence-corrected chi connectivity index (χ3v) is 2.36. The smallest absolute Gasteiger partial charge is 0.310 e. The van der Waals surface area contributed by atoms with E-state index >= 15 is 0 Å². The summed E-state index contributed by atoms with van der Waals surface area (Å²) in [5, 5.41) is 0. The number of esters is 1. The Hall–Kier alpha value is -0.960. The molecule has 0 aliphatic rings. The molecular formula is C10H12O2S. The highest BCUT2D eigenvalue weighted by atomic mass is 32.2. The Labute approximate surface area is 82.3 Å². The third kappa shape index (κ3) is 2.77. The highest BCUT2D eigenvalue weighted by molar-refractivity contribution is 7.98. The van der Waals surface area contributed by atoms with Crippen molar-refractivity contribution in [2.75, 3.05) is 6.26 Å². The highest BCUT2D eigenvalue weighted by Gasteiger charge is 2.05. The quantitative estimate of drug-likeness (QED) is 0.422. The van der Waals surface area contributed by atoms with Gasteiger partial charge in [0.2, 0.25) is 0 Å². The van der Waals surface area contributed by atoms with Crippen LogP contribution in [0.25, 0.3) is 0 Å². The molecule has 0 fully saturated rings. The van der Waals surface area contributed by atoms with Gasteiger partial charge in [-0.3, -0.25) is 4.79 Å². The Morgan fingerprint density at radius 3 is 2.77 bits per heavy atom. The summed E-state index contributed by atoms with van der Waals surface area (Å²) in [6.45, 7) is 1.78. The van der Waals surface area contributed by atoms with E-state index in [0.717, 1.165) is 4.90 Å². The maximum atomic E-state index is 11.0. The Kier molecular flexibility index (Phi) is 3.83. The molecule has 0 atom stereocenters. The van der Waals surface area contributed by atoms with Gasteiger partial charge < -0.3 is 4.74 Å². The van der Waals surface area contributed by atoms with Crippen molar-refractivity contribution in [1.82, 2.24) is 0 Å². The average molecular weight is 196 g/mol. The van der Waals surface area contributed by atoms with Gasteiger partial charge in [0.05, 0.1) is 0 Å². The number of rotatable bonds is 3. The summed E-state index contributed by atoms with van der Waals surface area (Å²) >= 11 is 1.57. The summed E-state index contributed by atoms with van der Waals surface area (Å²) in [5.74, 6) is 0.461. The van der Waals surface area contributed by atoms with Gasteiger partial charge in [-0.05, 0) is 18.4 Å². The Balaban J connectivity index is 2.81. The fourth-order valence-corrected chi connectivity index (χ4v) is 1.42. The normalized spacial score (nSPS) is 9.69. The molecule has 0 N–H and O–H groups in total. The van der Waals surface area contributed by atoms with E-state index in [4.69, 9.17) is 4.74 Å². The zero-order valence-electron chi connectivity index (χ0n) is 7.74. The molecule has 13 heavy (non-hydrogen) atoms. The molecule has 0 aliphatic heterocycles. The molecule has 0 heterocycles. The van der Waals surface area contributed by atoms with Crippen LogP contribution in [0.2, 0.25) is 0 Å². The molecule has 70 valence electrons. The van der Waals surface area contributed by atoms with Crippen molar-refractivity contribution < 1.29 is 9.53 Å². The molecule has 1 rings (SSSR count). The summed E-state index contributed by atoms with van der Waals surface area (Å²) in [6.07, 6.45) is 2.36. The molecule has 0 amide bonds. The number of hydrogen-bond donors (Lipinski definition) is 0. The zero-order chi connectivity index (χ0) is 9.68. The van der Waals surface area contributed by atoms with Gasteiger partial charge >= 0.3 is 5.97 Å². The summed E-state index contributed by atoms with van der Waals surface area (Å²) in [7, 11) is 0. The molecule has 0 unspecified atom stereocenters. The molecular weight excluding hydrogens is 184 g/mol. The van der Waals surface area contributed by atoms with Crippen LogP contribution in [0.1, 0.15) is 13.3 Å². The minimum absolute atomic E-state index is 0.193. The minimum atomic E-state index is -0.193. The van der Waals surface area contributed by atoms with Crippen molar-refractivity contribution in [2.45, 2.75) is 18.2 Å². The third-order valence-electron chi connectivity index (χ3n) is 1.58. The predicted octanol–water partition coefficient (Wildman–Crippen LogP) is 2.72. The van der Waals surface area contributed by atoms with E-state index in [-0.39, 0.29) is 5.97 Å². The lowest BCUT2D eigenvalue weighted by Gasteiger charge is -2.06. The number of carbonyl (C=O) groups is 1. The molecule has 0 aliphatic carbocycles. The van der Waals surface area contributed by atoms with Gasteiger partial charge in [0.15, 0.2) is 0 Å². The average Bonchev–Trinajstić information content (AvgIpc) is 2.18. The topological polar surface area (TPSA) is 26.3 Å². The Bertz CT molecular complexity index is 297. The van der Waals surface area contributed by atoms with Crippen LogP contribution in [0.3, 0.4) is 0 Å². The molecule has 0 spiro atoms. The number of thioether (sulfide) groups is 1. The molecule has 0 radical (unpaired) electrons. The van der Waals surface area contributed by atoms with E-state index in [1.807, 2.05) is 24.5 Å². The highest BCUT2D eigenvalue weighted by Crippen LogP contribution is 2.26. The lowest BCUT2D eigenvalue weighted by atomic mass is 10.3. The van der Waals surface area contributed by atoms with Crippen LogP contribution in [-0.4, -0.2) is 12.2 Å². The first-order chi connectivity index (χ1) is 6.27. The van der Waals surface area contributed by atoms with Gasteiger partial charge in [0.25, 0.3) is 0 Å². The maximum Gasteiger partial charge on any atom is 0.310 e. The monoisotopic (exact) mass is 196 g/mol. The largest absolute Gasteiger partial charge is 0.425 e. The van der Waals surface area contributed by atoms with Gasteiger partial charge in [-0.15, -0.1) is 11.8 Å². The summed E-state index contributed by atoms with van der Waals surface area (Å²) in [4.78, 5) is 12.0. The molecule has 3 heteroatoms. The standard InChI is InChI=1S/C10H12O2S/c1-3-10(11)12-8-6-4-5-7-9(8)13-2/h4-7H,3H2,1-2H3.